The highest BCUT2D eigenvalue weighted by atomic mass is 16.5. The average molecular weight is 287 g/mol. The van der Waals surface area contributed by atoms with E-state index < -0.39 is 0 Å². The zero-order valence-electron chi connectivity index (χ0n) is 13.3. The van der Waals surface area contributed by atoms with E-state index in [1.165, 1.54) is 56.9 Å². The molecule has 2 aliphatic rings. The van der Waals surface area contributed by atoms with E-state index >= 15 is 0 Å². The number of rotatable bonds is 7. The topological polar surface area (TPSA) is 21.3 Å². The fraction of sp³-hybridized carbons (Fsp3) is 0.684. The smallest absolute Gasteiger partial charge is 0.120 e. The van der Waals surface area contributed by atoms with Gasteiger partial charge in [0.15, 0.2) is 0 Å². The van der Waals surface area contributed by atoms with Crippen molar-refractivity contribution in [1.82, 2.24) is 5.32 Å². The second-order valence-electron chi connectivity index (χ2n) is 6.72. The van der Waals surface area contributed by atoms with E-state index in [0.29, 0.717) is 12.1 Å². The molecule has 0 aromatic heterocycles. The number of benzene rings is 1. The number of hydrogen-bond donors (Lipinski definition) is 1. The van der Waals surface area contributed by atoms with Crippen molar-refractivity contribution in [2.24, 2.45) is 5.92 Å². The molecule has 116 valence electrons. The number of ether oxygens (including phenoxy) is 1. The Hall–Kier alpha value is -1.02. The zero-order chi connectivity index (χ0) is 14.5. The quantitative estimate of drug-likeness (QED) is 0.774. The Morgan fingerprint density at radius 1 is 1.14 bits per heavy atom. The molecule has 1 aromatic carbocycles. The fourth-order valence-corrected chi connectivity index (χ4v) is 3.48. The number of hydrogen-bond acceptors (Lipinski definition) is 2. The molecule has 3 rings (SSSR count). The van der Waals surface area contributed by atoms with Crippen molar-refractivity contribution in [3.8, 4) is 5.75 Å². The fourth-order valence-electron chi connectivity index (χ4n) is 3.48. The summed E-state index contributed by atoms with van der Waals surface area (Å²) in [5.41, 5.74) is 1.42. The van der Waals surface area contributed by atoms with Gasteiger partial charge in [-0.1, -0.05) is 38.3 Å². The molecule has 2 heteroatoms. The molecule has 0 aliphatic heterocycles. The zero-order valence-corrected chi connectivity index (χ0v) is 13.3. The lowest BCUT2D eigenvalue weighted by Crippen LogP contribution is -2.30. The van der Waals surface area contributed by atoms with Crippen LogP contribution in [0.2, 0.25) is 0 Å². The van der Waals surface area contributed by atoms with Gasteiger partial charge in [-0.3, -0.25) is 0 Å². The predicted octanol–water partition coefficient (Wildman–Crippen LogP) is 4.85. The van der Waals surface area contributed by atoms with Crippen molar-refractivity contribution in [3.63, 3.8) is 0 Å². The van der Waals surface area contributed by atoms with Gasteiger partial charge < -0.3 is 10.1 Å². The van der Waals surface area contributed by atoms with Crippen LogP contribution < -0.4 is 10.1 Å². The molecule has 0 bridgehead atoms. The van der Waals surface area contributed by atoms with Crippen LogP contribution in [0.3, 0.4) is 0 Å². The van der Waals surface area contributed by atoms with E-state index in [2.05, 4.69) is 36.5 Å². The van der Waals surface area contributed by atoms with Crippen LogP contribution in [-0.4, -0.2) is 12.6 Å². The first kappa shape index (κ1) is 14.9. The van der Waals surface area contributed by atoms with Crippen LogP contribution >= 0.6 is 0 Å². The van der Waals surface area contributed by atoms with Crippen LogP contribution in [-0.2, 0) is 0 Å². The molecule has 2 fully saturated rings. The van der Waals surface area contributed by atoms with E-state index in [1.807, 2.05) is 0 Å². The maximum Gasteiger partial charge on any atom is 0.120 e. The highest BCUT2D eigenvalue weighted by molar-refractivity contribution is 5.31. The van der Waals surface area contributed by atoms with Crippen LogP contribution in [0.15, 0.2) is 24.3 Å². The largest absolute Gasteiger partial charge is 0.490 e. The van der Waals surface area contributed by atoms with E-state index in [9.17, 15) is 0 Å². The van der Waals surface area contributed by atoms with Crippen molar-refractivity contribution >= 4 is 0 Å². The Bertz CT molecular complexity index is 435. The van der Waals surface area contributed by atoms with E-state index in [-0.39, 0.29) is 0 Å². The van der Waals surface area contributed by atoms with Crippen molar-refractivity contribution in [1.29, 1.82) is 0 Å². The van der Waals surface area contributed by atoms with Gasteiger partial charge in [0.25, 0.3) is 0 Å². The molecule has 0 amide bonds. The van der Waals surface area contributed by atoms with Gasteiger partial charge in [0.05, 0.1) is 6.10 Å². The molecule has 1 atom stereocenters. The number of nitrogens with one attached hydrogen (secondary N) is 1. The maximum absolute atomic E-state index is 5.98. The molecule has 0 saturated heterocycles. The normalized spacial score (nSPS) is 21.2. The lowest BCUT2D eigenvalue weighted by Gasteiger charge is -2.31. The molecule has 2 nitrogen and oxygen atoms in total. The molecule has 21 heavy (non-hydrogen) atoms. The van der Waals surface area contributed by atoms with Crippen molar-refractivity contribution in [2.45, 2.75) is 70.4 Å². The molecule has 0 spiro atoms. The standard InChI is InChI=1S/C19H29NO/c1-2-13-20-19(15-7-4-3-5-8-15)16-9-6-10-18(14-16)21-17-11-12-17/h6,9-10,14-15,17,19-20H,2-5,7-8,11-13H2,1H3. The Morgan fingerprint density at radius 2 is 1.95 bits per heavy atom. The minimum atomic E-state index is 0.483. The molecular weight excluding hydrogens is 258 g/mol. The van der Waals surface area contributed by atoms with Crippen LogP contribution in [0.4, 0.5) is 0 Å². The van der Waals surface area contributed by atoms with Gasteiger partial charge in [0.2, 0.25) is 0 Å². The summed E-state index contributed by atoms with van der Waals surface area (Å²) in [7, 11) is 0. The molecule has 1 N–H and O–H groups in total. The van der Waals surface area contributed by atoms with Crippen LogP contribution in [0.1, 0.15) is 69.9 Å². The predicted molar refractivity (Wildman–Crippen MR) is 87.7 cm³/mol. The lowest BCUT2D eigenvalue weighted by atomic mass is 9.81. The maximum atomic E-state index is 5.98. The average Bonchev–Trinajstić information content (AvgIpc) is 3.33. The molecule has 2 aliphatic carbocycles. The van der Waals surface area contributed by atoms with Gasteiger partial charge in [-0.15, -0.1) is 0 Å². The molecular formula is C19H29NO. The molecule has 0 radical (unpaired) electrons. The van der Waals surface area contributed by atoms with Gasteiger partial charge in [0, 0.05) is 6.04 Å². The van der Waals surface area contributed by atoms with Gasteiger partial charge >= 0.3 is 0 Å². The van der Waals surface area contributed by atoms with Crippen LogP contribution in [0.5, 0.6) is 5.75 Å². The first-order chi connectivity index (χ1) is 10.4. The summed E-state index contributed by atoms with van der Waals surface area (Å²) in [6, 6.07) is 9.34. The minimum Gasteiger partial charge on any atom is -0.490 e. The molecule has 2 saturated carbocycles. The van der Waals surface area contributed by atoms with Crippen molar-refractivity contribution in [3.05, 3.63) is 29.8 Å². The minimum absolute atomic E-state index is 0.483. The molecule has 1 unspecified atom stereocenters. The van der Waals surface area contributed by atoms with Crippen LogP contribution in [0, 0.1) is 5.92 Å². The van der Waals surface area contributed by atoms with Gasteiger partial charge in [-0.05, 0) is 62.3 Å². The van der Waals surface area contributed by atoms with E-state index in [4.69, 9.17) is 4.74 Å². The Kier molecular flexibility index (Phi) is 5.18. The second kappa shape index (κ2) is 7.31. The summed E-state index contributed by atoms with van der Waals surface area (Å²) >= 11 is 0. The van der Waals surface area contributed by atoms with Crippen molar-refractivity contribution in [2.75, 3.05) is 6.54 Å². The Morgan fingerprint density at radius 3 is 2.67 bits per heavy atom. The third kappa shape index (κ3) is 4.23. The third-order valence-corrected chi connectivity index (χ3v) is 4.78. The van der Waals surface area contributed by atoms with Gasteiger partial charge in [0.1, 0.15) is 5.75 Å². The first-order valence-electron chi connectivity index (χ1n) is 8.87. The summed E-state index contributed by atoms with van der Waals surface area (Å²) in [5.74, 6) is 1.86. The summed E-state index contributed by atoms with van der Waals surface area (Å²) in [6.07, 6.45) is 11.1. The summed E-state index contributed by atoms with van der Waals surface area (Å²) in [4.78, 5) is 0. The summed E-state index contributed by atoms with van der Waals surface area (Å²) in [5, 5.41) is 3.80. The van der Waals surface area contributed by atoms with E-state index in [1.54, 1.807) is 0 Å². The van der Waals surface area contributed by atoms with Gasteiger partial charge in [-0.2, -0.15) is 0 Å². The van der Waals surface area contributed by atoms with Crippen LogP contribution in [0.25, 0.3) is 0 Å². The highest BCUT2D eigenvalue weighted by Crippen LogP contribution is 2.36. The molecule has 0 heterocycles. The first-order valence-corrected chi connectivity index (χ1v) is 8.87. The lowest BCUT2D eigenvalue weighted by molar-refractivity contribution is 0.269. The van der Waals surface area contributed by atoms with Gasteiger partial charge in [-0.25, -0.2) is 0 Å². The Labute approximate surface area is 129 Å². The third-order valence-electron chi connectivity index (χ3n) is 4.78. The SMILES string of the molecule is CCCNC(c1cccc(OC2CC2)c1)C1CCCCC1. The second-order valence-corrected chi connectivity index (χ2v) is 6.72. The monoisotopic (exact) mass is 287 g/mol. The summed E-state index contributed by atoms with van der Waals surface area (Å²) in [6.45, 7) is 3.35. The Balaban J connectivity index is 1.73. The van der Waals surface area contributed by atoms with Crippen molar-refractivity contribution < 1.29 is 4.74 Å². The van der Waals surface area contributed by atoms with E-state index in [0.717, 1.165) is 18.2 Å². The summed E-state index contributed by atoms with van der Waals surface area (Å²) < 4.78 is 5.98. The highest BCUT2D eigenvalue weighted by Gasteiger charge is 2.26. The molecule has 1 aromatic rings.